The van der Waals surface area contributed by atoms with Crippen LogP contribution in [0.5, 0.6) is 0 Å². The lowest BCUT2D eigenvalue weighted by Gasteiger charge is -2.13. The van der Waals surface area contributed by atoms with Gasteiger partial charge in [-0.1, -0.05) is 42.5 Å². The van der Waals surface area contributed by atoms with Crippen molar-refractivity contribution in [1.82, 2.24) is 10.7 Å². The van der Waals surface area contributed by atoms with Crippen molar-refractivity contribution in [2.24, 2.45) is 5.10 Å². The van der Waals surface area contributed by atoms with Crippen molar-refractivity contribution in [2.75, 3.05) is 19.0 Å². The summed E-state index contributed by atoms with van der Waals surface area (Å²) >= 11 is 0. The van der Waals surface area contributed by atoms with E-state index in [1.54, 1.807) is 55.5 Å². The maximum absolute atomic E-state index is 13.1. The quantitative estimate of drug-likeness (QED) is 0.326. The average molecular weight is 445 g/mol. The molecule has 0 saturated carbocycles. The summed E-state index contributed by atoms with van der Waals surface area (Å²) in [5.41, 5.74) is 5.82. The zero-order valence-corrected chi connectivity index (χ0v) is 18.7. The molecule has 2 amide bonds. The highest BCUT2D eigenvalue weighted by molar-refractivity contribution is 6.06. The zero-order valence-electron chi connectivity index (χ0n) is 18.7. The van der Waals surface area contributed by atoms with Crippen LogP contribution in [0.4, 0.5) is 10.1 Å². The molecule has 0 aromatic heterocycles. The smallest absolute Gasteiger partial charge is 0.287 e. The first-order chi connectivity index (χ1) is 15.8. The number of carbonyl (C=O) groups excluding carboxylic acids is 2. The zero-order chi connectivity index (χ0) is 23.8. The summed E-state index contributed by atoms with van der Waals surface area (Å²) < 4.78 is 13.1. The summed E-state index contributed by atoms with van der Waals surface area (Å²) in [6, 6.07) is 21.9. The molecule has 3 aromatic carbocycles. The maximum atomic E-state index is 13.1. The van der Waals surface area contributed by atoms with Crippen molar-refractivity contribution in [2.45, 2.75) is 6.92 Å². The summed E-state index contributed by atoms with van der Waals surface area (Å²) in [7, 11) is 3.87. The molecule has 3 rings (SSSR count). The number of amides is 2. The molecule has 0 aliphatic rings. The van der Waals surface area contributed by atoms with E-state index in [9.17, 15) is 14.0 Å². The fraction of sp³-hybridized carbons (Fsp3) is 0.115. The second-order valence-corrected chi connectivity index (χ2v) is 7.51. The number of hydrogen-bond donors (Lipinski definition) is 2. The lowest BCUT2D eigenvalue weighted by atomic mass is 10.1. The van der Waals surface area contributed by atoms with Crippen molar-refractivity contribution in [1.29, 1.82) is 0 Å². The van der Waals surface area contributed by atoms with Gasteiger partial charge in [-0.15, -0.1) is 0 Å². The van der Waals surface area contributed by atoms with Gasteiger partial charge in [-0.2, -0.15) is 5.10 Å². The summed E-state index contributed by atoms with van der Waals surface area (Å²) in [4.78, 5) is 27.5. The van der Waals surface area contributed by atoms with Crippen molar-refractivity contribution in [3.63, 3.8) is 0 Å². The molecule has 0 aliphatic carbocycles. The monoisotopic (exact) mass is 444 g/mol. The molecule has 0 aliphatic heterocycles. The van der Waals surface area contributed by atoms with Crippen LogP contribution >= 0.6 is 0 Å². The Morgan fingerprint density at radius 1 is 0.879 bits per heavy atom. The highest BCUT2D eigenvalue weighted by Gasteiger charge is 2.15. The molecule has 7 heteroatoms. The molecule has 3 aromatic rings. The Labute approximate surface area is 192 Å². The van der Waals surface area contributed by atoms with Gasteiger partial charge in [0.15, 0.2) is 0 Å². The first-order valence-corrected chi connectivity index (χ1v) is 10.3. The van der Waals surface area contributed by atoms with E-state index in [0.717, 1.165) is 11.3 Å². The molecule has 168 valence electrons. The van der Waals surface area contributed by atoms with E-state index in [-0.39, 0.29) is 11.5 Å². The van der Waals surface area contributed by atoms with E-state index >= 15 is 0 Å². The number of rotatable bonds is 7. The Hall–Kier alpha value is -4.26. The van der Waals surface area contributed by atoms with Crippen LogP contribution in [0.1, 0.15) is 28.4 Å². The molecule has 0 heterocycles. The van der Waals surface area contributed by atoms with Crippen LogP contribution in [0, 0.1) is 5.82 Å². The van der Waals surface area contributed by atoms with E-state index in [1.807, 2.05) is 43.3 Å². The second-order valence-electron chi connectivity index (χ2n) is 7.51. The molecular weight excluding hydrogens is 419 g/mol. The van der Waals surface area contributed by atoms with Gasteiger partial charge in [0.1, 0.15) is 11.5 Å². The number of benzene rings is 3. The molecule has 0 fully saturated rings. The Bertz CT molecular complexity index is 1170. The van der Waals surface area contributed by atoms with Gasteiger partial charge >= 0.3 is 0 Å². The summed E-state index contributed by atoms with van der Waals surface area (Å²) in [5.74, 6) is -1.36. The van der Waals surface area contributed by atoms with Gasteiger partial charge in [0, 0.05) is 25.3 Å². The van der Waals surface area contributed by atoms with E-state index in [0.29, 0.717) is 16.8 Å². The SMILES string of the molecule is C/C(=N\NC(=O)/C(=C\c1ccc(N(C)C)cc1)NC(=O)c1ccccc1)c1ccc(F)cc1. The van der Waals surface area contributed by atoms with Crippen LogP contribution in [0.25, 0.3) is 6.08 Å². The van der Waals surface area contributed by atoms with E-state index in [2.05, 4.69) is 15.8 Å². The Morgan fingerprint density at radius 2 is 1.52 bits per heavy atom. The predicted molar refractivity (Wildman–Crippen MR) is 129 cm³/mol. The van der Waals surface area contributed by atoms with Crippen molar-refractivity contribution >= 4 is 29.3 Å². The first-order valence-electron chi connectivity index (χ1n) is 10.3. The van der Waals surface area contributed by atoms with Crippen LogP contribution in [0.2, 0.25) is 0 Å². The maximum Gasteiger partial charge on any atom is 0.287 e. The van der Waals surface area contributed by atoms with Crippen LogP contribution < -0.4 is 15.6 Å². The normalized spacial score (nSPS) is 11.6. The van der Waals surface area contributed by atoms with Gasteiger partial charge in [0.05, 0.1) is 5.71 Å². The molecule has 0 saturated heterocycles. The third-order valence-electron chi connectivity index (χ3n) is 4.84. The van der Waals surface area contributed by atoms with Gasteiger partial charge in [-0.05, 0) is 60.5 Å². The molecule has 0 radical (unpaired) electrons. The van der Waals surface area contributed by atoms with Gasteiger partial charge in [0.25, 0.3) is 11.8 Å². The number of anilines is 1. The minimum absolute atomic E-state index is 0.0390. The lowest BCUT2D eigenvalue weighted by Crippen LogP contribution is -2.33. The lowest BCUT2D eigenvalue weighted by molar-refractivity contribution is -0.117. The fourth-order valence-electron chi connectivity index (χ4n) is 2.93. The van der Waals surface area contributed by atoms with Crippen molar-refractivity contribution in [3.8, 4) is 0 Å². The molecule has 6 nitrogen and oxygen atoms in total. The van der Waals surface area contributed by atoms with Crippen LogP contribution in [0.3, 0.4) is 0 Å². The highest BCUT2D eigenvalue weighted by atomic mass is 19.1. The summed E-state index contributed by atoms with van der Waals surface area (Å²) in [6.45, 7) is 1.69. The number of nitrogens with one attached hydrogen (secondary N) is 2. The largest absolute Gasteiger partial charge is 0.378 e. The molecule has 0 bridgehead atoms. The number of hydrogen-bond acceptors (Lipinski definition) is 4. The Kier molecular flexibility index (Phi) is 7.70. The van der Waals surface area contributed by atoms with Crippen molar-refractivity contribution < 1.29 is 14.0 Å². The number of hydrazone groups is 1. The van der Waals surface area contributed by atoms with Crippen LogP contribution in [0.15, 0.2) is 89.7 Å². The molecule has 33 heavy (non-hydrogen) atoms. The Morgan fingerprint density at radius 3 is 2.12 bits per heavy atom. The highest BCUT2D eigenvalue weighted by Crippen LogP contribution is 2.15. The Balaban J connectivity index is 1.84. The van der Waals surface area contributed by atoms with E-state index in [1.165, 1.54) is 12.1 Å². The average Bonchev–Trinajstić information content (AvgIpc) is 2.83. The minimum atomic E-state index is -0.586. The minimum Gasteiger partial charge on any atom is -0.378 e. The van der Waals surface area contributed by atoms with Crippen LogP contribution in [-0.2, 0) is 4.79 Å². The van der Waals surface area contributed by atoms with Gasteiger partial charge in [-0.25, -0.2) is 9.82 Å². The third-order valence-corrected chi connectivity index (χ3v) is 4.84. The standard InChI is InChI=1S/C26H25FN4O2/c1-18(20-11-13-22(27)14-12-20)29-30-26(33)24(28-25(32)21-7-5-4-6-8-21)17-19-9-15-23(16-10-19)31(2)3/h4-17H,1-3H3,(H,28,32)(H,30,33)/b24-17+,29-18+. The predicted octanol–water partition coefficient (Wildman–Crippen LogP) is 4.20. The van der Waals surface area contributed by atoms with E-state index in [4.69, 9.17) is 0 Å². The second kappa shape index (κ2) is 10.9. The molecule has 0 atom stereocenters. The molecule has 0 spiro atoms. The number of carbonyl (C=O) groups is 2. The molecular formula is C26H25FN4O2. The van der Waals surface area contributed by atoms with Gasteiger partial charge < -0.3 is 10.2 Å². The van der Waals surface area contributed by atoms with E-state index < -0.39 is 11.8 Å². The van der Waals surface area contributed by atoms with Crippen LogP contribution in [-0.4, -0.2) is 31.6 Å². The summed E-state index contributed by atoms with van der Waals surface area (Å²) in [5, 5.41) is 6.77. The fourth-order valence-corrected chi connectivity index (χ4v) is 2.93. The summed E-state index contributed by atoms with van der Waals surface area (Å²) in [6.07, 6.45) is 1.58. The van der Waals surface area contributed by atoms with Crippen molar-refractivity contribution in [3.05, 3.63) is 107 Å². The first kappa shape index (κ1) is 23.4. The topological polar surface area (TPSA) is 73.8 Å². The molecule has 0 unspecified atom stereocenters. The molecule has 2 N–H and O–H groups in total. The number of halogens is 1. The van der Waals surface area contributed by atoms with Gasteiger partial charge in [0.2, 0.25) is 0 Å². The van der Waals surface area contributed by atoms with Gasteiger partial charge in [-0.3, -0.25) is 9.59 Å². The third kappa shape index (κ3) is 6.61. The number of nitrogens with zero attached hydrogens (tertiary/aromatic N) is 2.